The topological polar surface area (TPSA) is 99.6 Å². The molecule has 7 atom stereocenters. The molecule has 2 bridgehead atoms. The van der Waals surface area contributed by atoms with Gasteiger partial charge in [0, 0.05) is 31.0 Å². The van der Waals surface area contributed by atoms with E-state index < -0.39 is 41.1 Å². The smallest absolute Gasteiger partial charge is 0.312 e. The number of hydrogen-bond donors (Lipinski definition) is 1. The van der Waals surface area contributed by atoms with Gasteiger partial charge in [0.25, 0.3) is 5.91 Å². The monoisotopic (exact) mass is 595 g/mol. The molecule has 0 saturated carbocycles. The molecule has 1 aromatic carbocycles. The molecule has 3 fully saturated rings. The van der Waals surface area contributed by atoms with Crippen molar-refractivity contribution in [1.29, 1.82) is 0 Å². The number of amides is 2. The second-order valence-corrected chi connectivity index (χ2v) is 12.2. The second-order valence-electron chi connectivity index (χ2n) is 12.2. The minimum atomic E-state index is -1.23. The zero-order valence-electron chi connectivity index (χ0n) is 26.5. The quantitative estimate of drug-likeness (QED) is 0.183. The van der Waals surface area contributed by atoms with Gasteiger partial charge in [-0.1, -0.05) is 26.0 Å². The van der Waals surface area contributed by atoms with Gasteiger partial charge in [-0.05, 0) is 76.6 Å². The maximum atomic E-state index is 14.8. The van der Waals surface area contributed by atoms with Gasteiger partial charge in [-0.3, -0.25) is 14.4 Å². The van der Waals surface area contributed by atoms with Crippen molar-refractivity contribution in [3.8, 4) is 0 Å². The maximum Gasteiger partial charge on any atom is 0.312 e. The molecule has 0 radical (unpaired) electrons. The third kappa shape index (κ3) is 5.39. The number of anilines is 2. The first-order valence-electron chi connectivity index (χ1n) is 15.8. The number of aliphatic hydroxyl groups excluding tert-OH is 1. The number of ether oxygens (including phenoxy) is 2. The molecule has 1 N–H and O–H groups in total. The summed E-state index contributed by atoms with van der Waals surface area (Å²) in [6.07, 6.45) is 5.67. The van der Waals surface area contributed by atoms with Crippen LogP contribution in [0.2, 0.25) is 0 Å². The highest BCUT2D eigenvalue weighted by Crippen LogP contribution is 2.65. The van der Waals surface area contributed by atoms with Crippen molar-refractivity contribution in [2.75, 3.05) is 42.6 Å². The maximum absolute atomic E-state index is 14.8. The molecule has 4 rings (SSSR count). The van der Waals surface area contributed by atoms with Crippen LogP contribution in [0.15, 0.2) is 49.6 Å². The van der Waals surface area contributed by atoms with Crippen LogP contribution >= 0.6 is 0 Å². The van der Waals surface area contributed by atoms with Gasteiger partial charge in [-0.15, -0.1) is 13.2 Å². The van der Waals surface area contributed by atoms with Crippen LogP contribution in [-0.2, 0) is 23.9 Å². The molecule has 3 unspecified atom stereocenters. The molecule has 0 aliphatic carbocycles. The highest BCUT2D eigenvalue weighted by molar-refractivity contribution is 6.05. The minimum absolute atomic E-state index is 0.104. The molecule has 0 aromatic heterocycles. The van der Waals surface area contributed by atoms with Gasteiger partial charge in [0.1, 0.15) is 17.6 Å². The first-order chi connectivity index (χ1) is 20.6. The zero-order valence-corrected chi connectivity index (χ0v) is 26.5. The number of benzene rings is 1. The van der Waals surface area contributed by atoms with E-state index in [4.69, 9.17) is 9.47 Å². The Balaban J connectivity index is 1.77. The number of likely N-dealkylation sites (tertiary alicyclic amines) is 1. The summed E-state index contributed by atoms with van der Waals surface area (Å²) in [5, 5.41) is 10.4. The Bertz CT molecular complexity index is 1200. The lowest BCUT2D eigenvalue weighted by Gasteiger charge is -2.39. The Morgan fingerprint density at radius 1 is 1.16 bits per heavy atom. The molecule has 9 nitrogen and oxygen atoms in total. The fourth-order valence-electron chi connectivity index (χ4n) is 7.64. The normalized spacial score (nSPS) is 29.7. The van der Waals surface area contributed by atoms with Crippen molar-refractivity contribution in [1.82, 2.24) is 4.90 Å². The first kappa shape index (κ1) is 32.7. The van der Waals surface area contributed by atoms with Crippen LogP contribution in [0.25, 0.3) is 0 Å². The average molecular weight is 596 g/mol. The lowest BCUT2D eigenvalue weighted by Crippen LogP contribution is -2.59. The predicted octanol–water partition coefficient (Wildman–Crippen LogP) is 4.34. The highest BCUT2D eigenvalue weighted by Gasteiger charge is 2.80. The lowest BCUT2D eigenvalue weighted by molar-refractivity contribution is -0.162. The summed E-state index contributed by atoms with van der Waals surface area (Å²) in [4.78, 5) is 48.2. The SMILES string of the molecule is C=CCCCOC(=O)[C@H]1[C@H]2C(=O)N([C@@H](CC)CO)C(C(=O)N(CC=C)c3ccc(N(CC)CC)cc3)C23CC(C)[C@]1(C)O3. The van der Waals surface area contributed by atoms with Crippen molar-refractivity contribution in [3.63, 3.8) is 0 Å². The first-order valence-corrected chi connectivity index (χ1v) is 15.8. The largest absolute Gasteiger partial charge is 0.465 e. The number of fused-ring (bicyclic) bond motifs is 1. The van der Waals surface area contributed by atoms with E-state index in [1.54, 1.807) is 17.1 Å². The predicted molar refractivity (Wildman–Crippen MR) is 168 cm³/mol. The standard InChI is InChI=1S/C34H49N3O6/c1-8-13-14-20-42-32(41)28-27-30(39)37(24(10-3)22-38)29(34(27)21-23(6)33(28,7)43-34)31(40)36(19-9-2)26-17-15-25(16-18-26)35(11-4)12-5/h8-9,15-18,23-24,27-29,38H,1-2,10-14,19-22H2,3-7H3/t23?,24-,27-,28+,29?,33-,34?/m0/s1. The van der Waals surface area contributed by atoms with Crippen molar-refractivity contribution < 1.29 is 29.0 Å². The van der Waals surface area contributed by atoms with Crippen molar-refractivity contribution in [2.24, 2.45) is 17.8 Å². The summed E-state index contributed by atoms with van der Waals surface area (Å²) in [6.45, 7) is 19.4. The van der Waals surface area contributed by atoms with Crippen molar-refractivity contribution in [3.05, 3.63) is 49.6 Å². The van der Waals surface area contributed by atoms with Crippen LogP contribution in [0.4, 0.5) is 11.4 Å². The Hall–Kier alpha value is -3.17. The van der Waals surface area contributed by atoms with E-state index in [0.29, 0.717) is 31.4 Å². The number of nitrogens with zero attached hydrogens (tertiary/aromatic N) is 3. The Kier molecular flexibility index (Phi) is 10.1. The van der Waals surface area contributed by atoms with Gasteiger partial charge in [-0.2, -0.15) is 0 Å². The third-order valence-corrected chi connectivity index (χ3v) is 9.98. The number of hydrogen-bond acceptors (Lipinski definition) is 7. The van der Waals surface area contributed by atoms with E-state index in [9.17, 15) is 19.5 Å². The number of aliphatic hydroxyl groups is 1. The fourth-order valence-corrected chi connectivity index (χ4v) is 7.64. The van der Waals surface area contributed by atoms with E-state index in [-0.39, 0.29) is 37.5 Å². The minimum Gasteiger partial charge on any atom is -0.465 e. The summed E-state index contributed by atoms with van der Waals surface area (Å²) in [6, 6.07) is 6.18. The highest BCUT2D eigenvalue weighted by atomic mass is 16.6. The summed E-state index contributed by atoms with van der Waals surface area (Å²) >= 11 is 0. The molecular formula is C34H49N3O6. The molecule has 3 saturated heterocycles. The third-order valence-electron chi connectivity index (χ3n) is 9.98. The van der Waals surface area contributed by atoms with E-state index in [2.05, 4.69) is 31.9 Å². The summed E-state index contributed by atoms with van der Waals surface area (Å²) in [5.41, 5.74) is -0.460. The lowest BCUT2D eigenvalue weighted by atomic mass is 9.62. The molecule has 9 heteroatoms. The molecule has 3 aliphatic heterocycles. The Morgan fingerprint density at radius 3 is 2.37 bits per heavy atom. The number of esters is 1. The number of unbranched alkanes of at least 4 members (excludes halogenated alkanes) is 1. The summed E-state index contributed by atoms with van der Waals surface area (Å²) in [5.74, 6) is -2.96. The van der Waals surface area contributed by atoms with Gasteiger partial charge in [0.05, 0.1) is 30.8 Å². The molecule has 1 spiro atoms. The molecule has 43 heavy (non-hydrogen) atoms. The second kappa shape index (κ2) is 13.2. The van der Waals surface area contributed by atoms with Crippen molar-refractivity contribution in [2.45, 2.75) is 83.6 Å². The molecule has 1 aromatic rings. The van der Waals surface area contributed by atoms with Crippen LogP contribution in [0.5, 0.6) is 0 Å². The van der Waals surface area contributed by atoms with Gasteiger partial charge in [0.2, 0.25) is 5.91 Å². The van der Waals surface area contributed by atoms with Crippen LogP contribution in [0.1, 0.15) is 60.3 Å². The van der Waals surface area contributed by atoms with Crippen molar-refractivity contribution >= 4 is 29.2 Å². The van der Waals surface area contributed by atoms with E-state index in [1.165, 1.54) is 4.90 Å². The molecule has 3 aliphatic rings. The van der Waals surface area contributed by atoms with Gasteiger partial charge >= 0.3 is 5.97 Å². The molecule has 236 valence electrons. The van der Waals surface area contributed by atoms with E-state index >= 15 is 0 Å². The zero-order chi connectivity index (χ0) is 31.5. The average Bonchev–Trinajstić information content (AvgIpc) is 3.52. The number of rotatable bonds is 15. The number of allylic oxidation sites excluding steroid dienone is 1. The van der Waals surface area contributed by atoms with Crippen LogP contribution in [0, 0.1) is 17.8 Å². The summed E-state index contributed by atoms with van der Waals surface area (Å²) < 4.78 is 12.5. The van der Waals surface area contributed by atoms with E-state index in [1.807, 2.05) is 45.0 Å². The van der Waals surface area contributed by atoms with Gasteiger partial charge in [0.15, 0.2) is 0 Å². The Morgan fingerprint density at radius 2 is 1.81 bits per heavy atom. The summed E-state index contributed by atoms with van der Waals surface area (Å²) in [7, 11) is 0. The Labute approximate surface area is 256 Å². The van der Waals surface area contributed by atoms with Crippen LogP contribution in [-0.4, -0.2) is 83.9 Å². The van der Waals surface area contributed by atoms with Crippen LogP contribution < -0.4 is 9.80 Å². The fraction of sp³-hybridized carbons (Fsp3) is 0.618. The van der Waals surface area contributed by atoms with Gasteiger partial charge in [-0.25, -0.2) is 0 Å². The van der Waals surface area contributed by atoms with Gasteiger partial charge < -0.3 is 29.3 Å². The molecular weight excluding hydrogens is 546 g/mol. The number of carbonyl (C=O) groups excluding carboxylic acids is 3. The van der Waals surface area contributed by atoms with Crippen LogP contribution in [0.3, 0.4) is 0 Å². The van der Waals surface area contributed by atoms with E-state index in [0.717, 1.165) is 18.8 Å². The molecule has 2 amide bonds. The molecule has 3 heterocycles. The number of carbonyl (C=O) groups is 3.